The molecule has 0 amide bonds. The van der Waals surface area contributed by atoms with Crippen molar-refractivity contribution >= 4 is 12.2 Å². The van der Waals surface area contributed by atoms with Crippen molar-refractivity contribution in [3.8, 4) is 0 Å². The van der Waals surface area contributed by atoms with Crippen LogP contribution in [-0.4, -0.2) is 78.4 Å². The first-order valence-corrected chi connectivity index (χ1v) is 12.5. The summed E-state index contributed by atoms with van der Waals surface area (Å²) in [4.78, 5) is 4.12. The van der Waals surface area contributed by atoms with Crippen LogP contribution in [0.2, 0.25) is 0 Å². The number of unbranched alkanes of at least 4 members (excludes halogenated alkanes) is 3. The summed E-state index contributed by atoms with van der Waals surface area (Å²) in [6, 6.07) is -0.239. The number of aliphatic imine (C=N–C) groups is 1. The van der Waals surface area contributed by atoms with Gasteiger partial charge in [0.1, 0.15) is 30.4 Å². The first-order chi connectivity index (χ1) is 15.9. The van der Waals surface area contributed by atoms with E-state index < -0.39 is 23.6 Å². The van der Waals surface area contributed by atoms with Crippen LogP contribution in [0.1, 0.15) is 72.6 Å². The third kappa shape index (κ3) is 5.27. The predicted octanol–water partition coefficient (Wildman–Crippen LogP) is 2.92. The lowest BCUT2D eigenvalue weighted by Crippen LogP contribution is -2.60. The highest BCUT2D eigenvalue weighted by atomic mass is 16.7. The molecule has 0 spiro atoms. The van der Waals surface area contributed by atoms with Crippen molar-refractivity contribution in [3.05, 3.63) is 11.8 Å². The van der Waals surface area contributed by atoms with Crippen LogP contribution < -0.4 is 5.73 Å². The molecule has 1 fully saturated rings. The Morgan fingerprint density at radius 3 is 2.58 bits per heavy atom. The van der Waals surface area contributed by atoms with Crippen LogP contribution in [-0.2, 0) is 18.9 Å². The zero-order valence-electron chi connectivity index (χ0n) is 20.7. The molecule has 0 aromatic rings. The maximum absolute atomic E-state index is 12.2. The Kier molecular flexibility index (Phi) is 9.29. The lowest BCUT2D eigenvalue weighted by atomic mass is 9.87. The molecule has 9 nitrogen and oxygen atoms in total. The largest absolute Gasteiger partial charge is 0.385 e. The summed E-state index contributed by atoms with van der Waals surface area (Å²) < 4.78 is 25.1. The zero-order valence-corrected chi connectivity index (χ0v) is 20.7. The van der Waals surface area contributed by atoms with Crippen molar-refractivity contribution < 1.29 is 24.1 Å². The van der Waals surface area contributed by atoms with Gasteiger partial charge in [-0.1, -0.05) is 46.1 Å². The fraction of sp³-hybridized carbons (Fsp3) is 0.833. The third-order valence-electron chi connectivity index (χ3n) is 6.64. The molecule has 5 atom stereocenters. The van der Waals surface area contributed by atoms with Gasteiger partial charge < -0.3 is 29.8 Å². The minimum atomic E-state index is -1.78. The van der Waals surface area contributed by atoms with E-state index in [-0.39, 0.29) is 6.04 Å². The number of hydrogen-bond donors (Lipinski definition) is 2. The van der Waals surface area contributed by atoms with Crippen LogP contribution in [0, 0.1) is 0 Å². The molecule has 0 saturated carbocycles. The maximum Gasteiger partial charge on any atom is 0.242 e. The average molecular weight is 467 g/mol. The molecular formula is C24H42N4O5. The van der Waals surface area contributed by atoms with E-state index in [0.717, 1.165) is 38.5 Å². The van der Waals surface area contributed by atoms with Gasteiger partial charge in [-0.25, -0.2) is 4.99 Å². The van der Waals surface area contributed by atoms with Crippen molar-refractivity contribution in [2.45, 2.75) is 102 Å². The summed E-state index contributed by atoms with van der Waals surface area (Å²) in [5.74, 6) is -1.32. The van der Waals surface area contributed by atoms with E-state index in [0.29, 0.717) is 44.4 Å². The number of ether oxygens (including phenoxy) is 4. The van der Waals surface area contributed by atoms with Crippen LogP contribution in [0.3, 0.4) is 0 Å². The molecule has 0 aliphatic carbocycles. The monoisotopic (exact) mass is 466 g/mol. The van der Waals surface area contributed by atoms with Crippen LogP contribution >= 0.6 is 0 Å². The second kappa shape index (κ2) is 11.8. The highest BCUT2D eigenvalue weighted by molar-refractivity contribution is 5.93. The molecule has 188 valence electrons. The smallest absolute Gasteiger partial charge is 0.242 e. The normalized spacial score (nSPS) is 33.4. The number of aliphatic hydroxyl groups is 1. The molecule has 0 aromatic carbocycles. The molecule has 3 rings (SSSR count). The highest BCUT2D eigenvalue weighted by Crippen LogP contribution is 2.50. The van der Waals surface area contributed by atoms with E-state index in [1.54, 1.807) is 5.01 Å². The van der Waals surface area contributed by atoms with Crippen LogP contribution in [0.4, 0.5) is 0 Å². The number of rotatable bonds is 14. The number of amidine groups is 1. The molecule has 9 heteroatoms. The Morgan fingerprint density at radius 1 is 1.15 bits per heavy atom. The molecule has 0 aromatic heterocycles. The van der Waals surface area contributed by atoms with Gasteiger partial charge in [-0.2, -0.15) is 5.10 Å². The molecule has 2 unspecified atom stereocenters. The topological polar surface area (TPSA) is 111 Å². The van der Waals surface area contributed by atoms with Gasteiger partial charge >= 0.3 is 0 Å². The van der Waals surface area contributed by atoms with Crippen LogP contribution in [0.5, 0.6) is 0 Å². The first kappa shape index (κ1) is 26.1. The molecule has 3 aliphatic heterocycles. The van der Waals surface area contributed by atoms with Gasteiger partial charge in [-0.05, 0) is 32.6 Å². The zero-order chi connectivity index (χ0) is 23.9. The van der Waals surface area contributed by atoms with Gasteiger partial charge in [0.15, 0.2) is 5.60 Å². The predicted molar refractivity (Wildman–Crippen MR) is 128 cm³/mol. The summed E-state index contributed by atoms with van der Waals surface area (Å²) >= 11 is 0. The maximum atomic E-state index is 12.2. The van der Waals surface area contributed by atoms with Gasteiger partial charge in [0.2, 0.25) is 5.79 Å². The first-order valence-electron chi connectivity index (χ1n) is 12.5. The molecule has 33 heavy (non-hydrogen) atoms. The lowest BCUT2D eigenvalue weighted by molar-refractivity contribution is -0.264. The molecule has 3 aliphatic rings. The number of hydrogen-bond acceptors (Lipinski definition) is 9. The van der Waals surface area contributed by atoms with E-state index in [4.69, 9.17) is 24.7 Å². The molecule has 1 saturated heterocycles. The second-order valence-corrected chi connectivity index (χ2v) is 9.15. The lowest BCUT2D eigenvalue weighted by Gasteiger charge is -2.43. The number of nitrogens with zero attached hydrogens (tertiary/aromatic N) is 3. The van der Waals surface area contributed by atoms with E-state index in [1.165, 1.54) is 6.34 Å². The van der Waals surface area contributed by atoms with Gasteiger partial charge in [0.05, 0.1) is 12.3 Å². The summed E-state index contributed by atoms with van der Waals surface area (Å²) in [6.07, 6.45) is 8.70. The standard InChI is InChI=1S/C24H42N4O5/c1-5-8-13-30-16-19-21(31-14-9-6-2)23(4,32-15-10-7-3)24(29,33-19)20-12-11-18-22(25)26-17-27-28(18)20/h12,17-19,21,29H,5-11,13-16H2,1-4H3,(H2,25,26,27)/t18?,19-,21-,23-,24?/m1/s1. The number of fused-ring (bicyclic) bond motifs is 1. The highest BCUT2D eigenvalue weighted by Gasteiger charge is 2.68. The summed E-state index contributed by atoms with van der Waals surface area (Å²) in [6.45, 7) is 10.2. The molecule has 3 N–H and O–H groups in total. The Morgan fingerprint density at radius 2 is 1.85 bits per heavy atom. The summed E-state index contributed by atoms with van der Waals surface area (Å²) in [5, 5.41) is 18.3. The Labute approximate surface area is 198 Å². The quantitative estimate of drug-likeness (QED) is 0.379. The van der Waals surface area contributed by atoms with Crippen molar-refractivity contribution in [2.75, 3.05) is 26.4 Å². The summed E-state index contributed by atoms with van der Waals surface area (Å²) in [5.41, 5.74) is 5.46. The third-order valence-corrected chi connectivity index (χ3v) is 6.64. The molecule has 0 bridgehead atoms. The van der Waals surface area contributed by atoms with E-state index >= 15 is 0 Å². The van der Waals surface area contributed by atoms with E-state index in [1.807, 2.05) is 13.0 Å². The second-order valence-electron chi connectivity index (χ2n) is 9.15. The minimum absolute atomic E-state index is 0.239. The number of nitrogens with two attached hydrogens (primary N) is 1. The minimum Gasteiger partial charge on any atom is -0.385 e. The average Bonchev–Trinajstić information content (AvgIpc) is 3.32. The fourth-order valence-corrected chi connectivity index (χ4v) is 4.56. The van der Waals surface area contributed by atoms with E-state index in [2.05, 4.69) is 30.9 Å². The van der Waals surface area contributed by atoms with Gasteiger partial charge in [-0.15, -0.1) is 0 Å². The molecule has 3 heterocycles. The Bertz CT molecular complexity index is 730. The van der Waals surface area contributed by atoms with Crippen molar-refractivity contribution in [2.24, 2.45) is 15.8 Å². The van der Waals surface area contributed by atoms with Crippen molar-refractivity contribution in [3.63, 3.8) is 0 Å². The summed E-state index contributed by atoms with van der Waals surface area (Å²) in [7, 11) is 0. The Hall–Kier alpha value is -1.52. The SMILES string of the molecule is CCCCOC[C@H]1OC(O)(C2=CCC3C(N)=NC=NN23)[C@](C)(OCCCC)[C@@H]1OCCCC. The molecular weight excluding hydrogens is 424 g/mol. The van der Waals surface area contributed by atoms with Crippen LogP contribution in [0.15, 0.2) is 21.9 Å². The van der Waals surface area contributed by atoms with Crippen molar-refractivity contribution in [1.82, 2.24) is 5.01 Å². The van der Waals surface area contributed by atoms with E-state index in [9.17, 15) is 5.11 Å². The van der Waals surface area contributed by atoms with Gasteiger partial charge in [0, 0.05) is 19.8 Å². The Balaban J connectivity index is 1.91. The number of hydrazone groups is 1. The van der Waals surface area contributed by atoms with Gasteiger partial charge in [-0.3, -0.25) is 5.01 Å². The van der Waals surface area contributed by atoms with Crippen molar-refractivity contribution in [1.29, 1.82) is 0 Å². The fourth-order valence-electron chi connectivity index (χ4n) is 4.56. The van der Waals surface area contributed by atoms with Gasteiger partial charge in [0.25, 0.3) is 0 Å². The van der Waals surface area contributed by atoms with Crippen LogP contribution in [0.25, 0.3) is 0 Å². The molecule has 0 radical (unpaired) electrons.